The van der Waals surface area contributed by atoms with Gasteiger partial charge in [-0.1, -0.05) is 17.0 Å². The number of carbonyl (C=O) groups is 1. The van der Waals surface area contributed by atoms with Gasteiger partial charge in [0.15, 0.2) is 7.28 Å². The molecule has 0 unspecified atom stereocenters. The zero-order valence-electron chi connectivity index (χ0n) is 15.2. The summed E-state index contributed by atoms with van der Waals surface area (Å²) in [6.45, 7) is 3.77. The fourth-order valence-corrected chi connectivity index (χ4v) is 4.29. The maximum Gasteiger partial charge on any atom is 0.253 e. The molecule has 2 fully saturated rings. The van der Waals surface area contributed by atoms with Crippen molar-refractivity contribution in [2.45, 2.75) is 64.0 Å². The average molecular weight is 338 g/mol. The van der Waals surface area contributed by atoms with Gasteiger partial charge in [0, 0.05) is 12.2 Å². The largest absolute Gasteiger partial charge is 0.390 e. The highest BCUT2D eigenvalue weighted by molar-refractivity contribution is 6.65. The molecule has 0 atom stereocenters. The average Bonchev–Trinajstić information content (AvgIpc) is 3.33. The molecule has 132 valence electrons. The number of nitrogens with zero attached hydrogens (tertiary/aromatic N) is 1. The van der Waals surface area contributed by atoms with Crippen molar-refractivity contribution in [1.82, 2.24) is 10.3 Å². The molecule has 1 aromatic rings. The Morgan fingerprint density at radius 1 is 1.24 bits per heavy atom. The van der Waals surface area contributed by atoms with Crippen molar-refractivity contribution in [3.05, 3.63) is 29.0 Å². The number of allylic oxidation sites excluding steroid dienone is 1. The van der Waals surface area contributed by atoms with Crippen molar-refractivity contribution in [3.63, 3.8) is 0 Å². The van der Waals surface area contributed by atoms with Crippen LogP contribution in [0.4, 0.5) is 0 Å². The molecule has 25 heavy (non-hydrogen) atoms. The normalized spacial score (nSPS) is 25.8. The van der Waals surface area contributed by atoms with E-state index >= 15 is 0 Å². The third-order valence-electron chi connectivity index (χ3n) is 6.14. The van der Waals surface area contributed by atoms with E-state index in [1.807, 2.05) is 19.9 Å². The van der Waals surface area contributed by atoms with Gasteiger partial charge >= 0.3 is 0 Å². The molecule has 5 heteroatoms. The van der Waals surface area contributed by atoms with Gasteiger partial charge in [0.25, 0.3) is 5.91 Å². The van der Waals surface area contributed by atoms with E-state index < -0.39 is 5.60 Å². The van der Waals surface area contributed by atoms with Crippen LogP contribution in [0.1, 0.15) is 68.4 Å². The van der Waals surface area contributed by atoms with E-state index in [0.29, 0.717) is 11.5 Å². The van der Waals surface area contributed by atoms with Crippen LogP contribution in [0, 0.1) is 11.8 Å². The Labute approximate surface area is 150 Å². The lowest BCUT2D eigenvalue weighted by molar-refractivity contribution is -0.00257. The third kappa shape index (κ3) is 3.66. The Morgan fingerprint density at radius 2 is 1.96 bits per heavy atom. The lowest BCUT2D eigenvalue weighted by atomic mass is 9.65. The second kappa shape index (κ2) is 6.28. The molecule has 1 aliphatic heterocycles. The van der Waals surface area contributed by atoms with Crippen molar-refractivity contribution in [3.8, 4) is 0 Å². The van der Waals surface area contributed by atoms with Gasteiger partial charge in [-0.3, -0.25) is 9.78 Å². The summed E-state index contributed by atoms with van der Waals surface area (Å²) < 4.78 is 0. The van der Waals surface area contributed by atoms with Gasteiger partial charge in [0.2, 0.25) is 0 Å². The number of hydrogen-bond donors (Lipinski definition) is 2. The van der Waals surface area contributed by atoms with Crippen LogP contribution in [-0.4, -0.2) is 34.9 Å². The van der Waals surface area contributed by atoms with Crippen molar-refractivity contribution in [2.75, 3.05) is 0 Å². The van der Waals surface area contributed by atoms with Crippen LogP contribution in [0.15, 0.2) is 17.7 Å². The molecule has 0 saturated heterocycles. The van der Waals surface area contributed by atoms with Crippen LogP contribution in [0.2, 0.25) is 0 Å². The Balaban J connectivity index is 1.35. The number of fused-ring (bicyclic) bond motifs is 1. The SMILES string of the molecule is CC(C)(O)C1CCC(NC(=O)c2cnc3c(c2)BC(C2CC2)=C3)CC1. The summed E-state index contributed by atoms with van der Waals surface area (Å²) in [6.07, 6.45) is 10.3. The first-order valence-electron chi connectivity index (χ1n) is 9.63. The molecule has 2 N–H and O–H groups in total. The van der Waals surface area contributed by atoms with Crippen LogP contribution >= 0.6 is 0 Å². The van der Waals surface area contributed by atoms with Crippen LogP contribution < -0.4 is 10.8 Å². The summed E-state index contributed by atoms with van der Waals surface area (Å²) in [4.78, 5) is 17.1. The second-order valence-corrected chi connectivity index (χ2v) is 8.61. The minimum Gasteiger partial charge on any atom is -0.390 e. The standard InChI is InChI=1S/C20H27BN2O2/c1-20(2,25)14-5-7-15(8-6-14)23-19(24)13-9-17-18(22-11-13)10-16(21-17)12-3-4-12/h9-12,14-15,21,25H,3-8H2,1-2H3,(H,23,24). The summed E-state index contributed by atoms with van der Waals surface area (Å²) in [5.74, 6) is 1.08. The summed E-state index contributed by atoms with van der Waals surface area (Å²) in [5.41, 5.74) is 3.79. The topological polar surface area (TPSA) is 62.2 Å². The highest BCUT2D eigenvalue weighted by Crippen LogP contribution is 2.38. The number of amides is 1. The molecule has 2 aliphatic carbocycles. The highest BCUT2D eigenvalue weighted by atomic mass is 16.3. The minimum atomic E-state index is -0.620. The van der Waals surface area contributed by atoms with Gasteiger partial charge in [-0.2, -0.15) is 0 Å². The van der Waals surface area contributed by atoms with E-state index in [1.54, 1.807) is 6.20 Å². The Hall–Kier alpha value is -1.62. The number of rotatable bonds is 4. The second-order valence-electron chi connectivity index (χ2n) is 8.61. The molecular formula is C20H27BN2O2. The quantitative estimate of drug-likeness (QED) is 0.825. The van der Waals surface area contributed by atoms with Crippen LogP contribution in [-0.2, 0) is 0 Å². The first kappa shape index (κ1) is 16.8. The summed E-state index contributed by atoms with van der Waals surface area (Å²) >= 11 is 0. The zero-order valence-corrected chi connectivity index (χ0v) is 15.2. The molecule has 1 amide bonds. The van der Waals surface area contributed by atoms with E-state index in [9.17, 15) is 9.90 Å². The molecule has 4 nitrogen and oxygen atoms in total. The van der Waals surface area contributed by atoms with Gasteiger partial charge in [-0.05, 0) is 70.3 Å². The lowest BCUT2D eigenvalue weighted by Gasteiger charge is -2.36. The predicted octanol–water partition coefficient (Wildman–Crippen LogP) is 1.97. The maximum absolute atomic E-state index is 12.6. The minimum absolute atomic E-state index is 0.0121. The molecule has 1 aromatic heterocycles. The first-order valence-corrected chi connectivity index (χ1v) is 9.63. The van der Waals surface area contributed by atoms with Crippen LogP contribution in [0.25, 0.3) is 6.08 Å². The van der Waals surface area contributed by atoms with E-state index in [0.717, 1.165) is 44.6 Å². The number of pyridine rings is 1. The Kier molecular flexibility index (Phi) is 4.23. The molecule has 4 rings (SSSR count). The molecule has 3 aliphatic rings. The monoisotopic (exact) mass is 338 g/mol. The van der Waals surface area contributed by atoms with Crippen molar-refractivity contribution in [1.29, 1.82) is 0 Å². The first-order chi connectivity index (χ1) is 11.9. The fourth-order valence-electron chi connectivity index (χ4n) is 4.29. The van der Waals surface area contributed by atoms with E-state index in [-0.39, 0.29) is 11.9 Å². The smallest absolute Gasteiger partial charge is 0.253 e. The maximum atomic E-state index is 12.6. The number of aliphatic hydroxyl groups is 1. The molecule has 0 bridgehead atoms. The highest BCUT2D eigenvalue weighted by Gasteiger charge is 2.32. The molecule has 2 heterocycles. The van der Waals surface area contributed by atoms with Crippen LogP contribution in [0.5, 0.6) is 0 Å². The number of carbonyl (C=O) groups excluding carboxylic acids is 1. The van der Waals surface area contributed by atoms with Crippen molar-refractivity contribution >= 4 is 24.7 Å². The molecule has 0 radical (unpaired) electrons. The zero-order chi connectivity index (χ0) is 17.6. The number of aromatic nitrogens is 1. The predicted molar refractivity (Wildman–Crippen MR) is 101 cm³/mol. The van der Waals surface area contributed by atoms with Crippen LogP contribution in [0.3, 0.4) is 0 Å². The van der Waals surface area contributed by atoms with Gasteiger partial charge in [0.1, 0.15) is 0 Å². The lowest BCUT2D eigenvalue weighted by Crippen LogP contribution is -2.42. The van der Waals surface area contributed by atoms with Gasteiger partial charge in [0.05, 0.1) is 16.9 Å². The molecule has 0 spiro atoms. The van der Waals surface area contributed by atoms with Crippen molar-refractivity contribution in [2.24, 2.45) is 11.8 Å². The molecule has 2 saturated carbocycles. The van der Waals surface area contributed by atoms with Crippen molar-refractivity contribution < 1.29 is 9.90 Å². The van der Waals surface area contributed by atoms with Gasteiger partial charge in [-0.15, -0.1) is 0 Å². The van der Waals surface area contributed by atoms with E-state index in [2.05, 4.69) is 16.4 Å². The number of nitrogens with one attached hydrogen (secondary N) is 1. The fraction of sp³-hybridized carbons (Fsp3) is 0.600. The summed E-state index contributed by atoms with van der Waals surface area (Å²) in [5, 5.41) is 13.3. The third-order valence-corrected chi connectivity index (χ3v) is 6.14. The summed E-state index contributed by atoms with van der Waals surface area (Å²) in [6, 6.07) is 2.23. The van der Waals surface area contributed by atoms with E-state index in [4.69, 9.17) is 0 Å². The Bertz CT molecular complexity index is 711. The van der Waals surface area contributed by atoms with Gasteiger partial charge in [-0.25, -0.2) is 0 Å². The molecule has 0 aromatic carbocycles. The summed E-state index contributed by atoms with van der Waals surface area (Å²) in [7, 11) is 0.963. The number of hydrogen-bond acceptors (Lipinski definition) is 3. The van der Waals surface area contributed by atoms with E-state index in [1.165, 1.54) is 23.8 Å². The molecular weight excluding hydrogens is 311 g/mol. The van der Waals surface area contributed by atoms with Gasteiger partial charge < -0.3 is 10.4 Å². The Morgan fingerprint density at radius 3 is 2.60 bits per heavy atom.